The van der Waals surface area contributed by atoms with E-state index in [1.807, 2.05) is 19.9 Å². The zero-order valence-electron chi connectivity index (χ0n) is 12.4. The van der Waals surface area contributed by atoms with E-state index in [0.29, 0.717) is 23.9 Å². The van der Waals surface area contributed by atoms with Gasteiger partial charge in [-0.05, 0) is 30.2 Å². The van der Waals surface area contributed by atoms with Gasteiger partial charge in [0, 0.05) is 18.1 Å². The van der Waals surface area contributed by atoms with Crippen LogP contribution in [0.15, 0.2) is 22.7 Å². The molecule has 2 N–H and O–H groups in total. The lowest BCUT2D eigenvalue weighted by Crippen LogP contribution is -2.41. The molecule has 0 saturated heterocycles. The summed E-state index contributed by atoms with van der Waals surface area (Å²) in [5.74, 6) is 0.389. The van der Waals surface area contributed by atoms with Crippen molar-refractivity contribution in [1.29, 1.82) is 0 Å². The first-order valence-corrected chi connectivity index (χ1v) is 7.44. The summed E-state index contributed by atoms with van der Waals surface area (Å²) in [6, 6.07) is 5.26. The number of halogens is 3. The molecule has 0 aliphatic heterocycles. The van der Waals surface area contributed by atoms with Crippen LogP contribution >= 0.6 is 39.9 Å². The highest BCUT2D eigenvalue weighted by molar-refractivity contribution is 9.10. The summed E-state index contributed by atoms with van der Waals surface area (Å²) in [5, 5.41) is 0.470. The van der Waals surface area contributed by atoms with E-state index in [0.717, 1.165) is 4.47 Å². The third-order valence-corrected chi connectivity index (χ3v) is 3.68. The van der Waals surface area contributed by atoms with Crippen LogP contribution in [0.1, 0.15) is 13.8 Å². The Morgan fingerprint density at radius 1 is 1.48 bits per heavy atom. The van der Waals surface area contributed by atoms with Gasteiger partial charge in [-0.2, -0.15) is 0 Å². The van der Waals surface area contributed by atoms with Crippen molar-refractivity contribution >= 4 is 45.8 Å². The van der Waals surface area contributed by atoms with Gasteiger partial charge in [0.05, 0.1) is 5.02 Å². The van der Waals surface area contributed by atoms with Gasteiger partial charge in [-0.1, -0.05) is 41.4 Å². The Morgan fingerprint density at radius 3 is 2.62 bits per heavy atom. The predicted molar refractivity (Wildman–Crippen MR) is 92.4 cm³/mol. The Morgan fingerprint density at radius 2 is 2.10 bits per heavy atom. The molecule has 0 atom stereocenters. The van der Waals surface area contributed by atoms with Crippen LogP contribution in [0.25, 0.3) is 0 Å². The standard InChI is InChI=1S/C14H20BrClN2O2.ClH/c1-14(2,8-17)9-18(3)13(19)7-20-12-5-4-10(15)6-11(12)16;/h4-6H,7-9,17H2,1-3H3;1H. The van der Waals surface area contributed by atoms with Crippen LogP contribution in [-0.2, 0) is 4.79 Å². The van der Waals surface area contributed by atoms with E-state index in [9.17, 15) is 4.79 Å². The number of ether oxygens (including phenoxy) is 1. The highest BCUT2D eigenvalue weighted by Gasteiger charge is 2.21. The third kappa shape index (κ3) is 6.87. The summed E-state index contributed by atoms with van der Waals surface area (Å²) in [6.45, 7) is 5.09. The Labute approximate surface area is 145 Å². The summed E-state index contributed by atoms with van der Waals surface area (Å²) < 4.78 is 6.31. The molecule has 0 radical (unpaired) electrons. The monoisotopic (exact) mass is 398 g/mol. The molecule has 1 aromatic carbocycles. The molecule has 21 heavy (non-hydrogen) atoms. The van der Waals surface area contributed by atoms with Crippen LogP contribution in [-0.4, -0.2) is 37.6 Å². The Balaban J connectivity index is 0.00000400. The highest BCUT2D eigenvalue weighted by Crippen LogP contribution is 2.27. The number of carbonyl (C=O) groups excluding carboxylic acids is 1. The number of nitrogens with zero attached hydrogens (tertiary/aromatic N) is 1. The molecule has 7 heteroatoms. The van der Waals surface area contributed by atoms with E-state index in [1.165, 1.54) is 0 Å². The maximum atomic E-state index is 12.0. The van der Waals surface area contributed by atoms with Crippen LogP contribution < -0.4 is 10.5 Å². The first-order chi connectivity index (χ1) is 9.25. The molecule has 1 amide bonds. The fourth-order valence-corrected chi connectivity index (χ4v) is 2.36. The summed E-state index contributed by atoms with van der Waals surface area (Å²) in [4.78, 5) is 13.6. The van der Waals surface area contributed by atoms with E-state index in [2.05, 4.69) is 15.9 Å². The topological polar surface area (TPSA) is 55.6 Å². The fraction of sp³-hybridized carbons (Fsp3) is 0.500. The minimum atomic E-state index is -0.111. The second kappa shape index (κ2) is 8.83. The van der Waals surface area contributed by atoms with Gasteiger partial charge in [-0.25, -0.2) is 0 Å². The number of benzene rings is 1. The average molecular weight is 400 g/mol. The van der Waals surface area contributed by atoms with Gasteiger partial charge in [0.25, 0.3) is 5.91 Å². The van der Waals surface area contributed by atoms with Gasteiger partial charge >= 0.3 is 0 Å². The molecule has 0 saturated carbocycles. The van der Waals surface area contributed by atoms with Gasteiger partial charge in [-0.15, -0.1) is 12.4 Å². The van der Waals surface area contributed by atoms with Gasteiger partial charge in [0.2, 0.25) is 0 Å². The third-order valence-electron chi connectivity index (χ3n) is 2.89. The van der Waals surface area contributed by atoms with Crippen molar-refractivity contribution in [1.82, 2.24) is 4.90 Å². The van der Waals surface area contributed by atoms with Crippen molar-refractivity contribution in [3.8, 4) is 5.75 Å². The molecule has 0 fully saturated rings. The molecule has 0 aliphatic rings. The van der Waals surface area contributed by atoms with Gasteiger partial charge < -0.3 is 15.4 Å². The summed E-state index contributed by atoms with van der Waals surface area (Å²) in [5.41, 5.74) is 5.55. The van der Waals surface area contributed by atoms with Crippen molar-refractivity contribution in [2.24, 2.45) is 11.1 Å². The number of hydrogen-bond acceptors (Lipinski definition) is 3. The Bertz CT molecular complexity index is 484. The zero-order valence-corrected chi connectivity index (χ0v) is 15.5. The first kappa shape index (κ1) is 20.5. The van der Waals surface area contributed by atoms with Gasteiger partial charge in [0.1, 0.15) is 5.75 Å². The molecular weight excluding hydrogens is 379 g/mol. The maximum Gasteiger partial charge on any atom is 0.260 e. The smallest absolute Gasteiger partial charge is 0.260 e. The van der Waals surface area contributed by atoms with Crippen LogP contribution in [0.4, 0.5) is 0 Å². The van der Waals surface area contributed by atoms with E-state index in [-0.39, 0.29) is 30.3 Å². The van der Waals surface area contributed by atoms with Crippen LogP contribution in [0, 0.1) is 5.41 Å². The highest BCUT2D eigenvalue weighted by atomic mass is 79.9. The van der Waals surface area contributed by atoms with E-state index >= 15 is 0 Å². The summed E-state index contributed by atoms with van der Waals surface area (Å²) >= 11 is 9.34. The van der Waals surface area contributed by atoms with E-state index in [1.54, 1.807) is 24.1 Å². The number of likely N-dealkylation sites (N-methyl/N-ethyl adjacent to an activating group) is 1. The van der Waals surface area contributed by atoms with Crippen LogP contribution in [0.3, 0.4) is 0 Å². The molecule has 0 unspecified atom stereocenters. The molecule has 0 aliphatic carbocycles. The van der Waals surface area contributed by atoms with Crippen molar-refractivity contribution in [2.45, 2.75) is 13.8 Å². The molecule has 120 valence electrons. The molecule has 4 nitrogen and oxygen atoms in total. The number of hydrogen-bond donors (Lipinski definition) is 1. The number of nitrogens with two attached hydrogens (primary N) is 1. The van der Waals surface area contributed by atoms with E-state index < -0.39 is 0 Å². The molecule has 0 bridgehead atoms. The zero-order chi connectivity index (χ0) is 15.3. The molecule has 0 heterocycles. The molecule has 0 spiro atoms. The quantitative estimate of drug-likeness (QED) is 0.797. The second-order valence-corrected chi connectivity index (χ2v) is 6.80. The van der Waals surface area contributed by atoms with Crippen molar-refractivity contribution < 1.29 is 9.53 Å². The molecule has 0 aromatic heterocycles. The lowest BCUT2D eigenvalue weighted by atomic mass is 9.93. The van der Waals surface area contributed by atoms with Crippen molar-refractivity contribution in [3.05, 3.63) is 27.7 Å². The SMILES string of the molecule is CN(CC(C)(C)CN)C(=O)COc1ccc(Br)cc1Cl.Cl. The minimum Gasteiger partial charge on any atom is -0.482 e. The first-order valence-electron chi connectivity index (χ1n) is 6.27. The van der Waals surface area contributed by atoms with E-state index in [4.69, 9.17) is 22.1 Å². The number of rotatable bonds is 6. The summed E-state index contributed by atoms with van der Waals surface area (Å²) in [6.07, 6.45) is 0. The van der Waals surface area contributed by atoms with Crippen LogP contribution in [0.2, 0.25) is 5.02 Å². The van der Waals surface area contributed by atoms with Crippen molar-refractivity contribution in [2.75, 3.05) is 26.7 Å². The van der Waals surface area contributed by atoms with Crippen molar-refractivity contribution in [3.63, 3.8) is 0 Å². The minimum absolute atomic E-state index is 0. The average Bonchev–Trinajstić information content (AvgIpc) is 2.36. The normalized spacial score (nSPS) is 10.8. The molecule has 1 rings (SSSR count). The van der Waals surface area contributed by atoms with Gasteiger partial charge in [-0.3, -0.25) is 4.79 Å². The second-order valence-electron chi connectivity index (χ2n) is 5.48. The fourth-order valence-electron chi connectivity index (χ4n) is 1.64. The number of amides is 1. The lowest BCUT2D eigenvalue weighted by molar-refractivity contribution is -0.133. The largest absolute Gasteiger partial charge is 0.482 e. The van der Waals surface area contributed by atoms with Crippen LogP contribution in [0.5, 0.6) is 5.75 Å². The summed E-state index contributed by atoms with van der Waals surface area (Å²) in [7, 11) is 1.74. The molecular formula is C14H21BrCl2N2O2. The van der Waals surface area contributed by atoms with Gasteiger partial charge in [0.15, 0.2) is 6.61 Å². The number of carbonyl (C=O) groups is 1. The predicted octanol–water partition coefficient (Wildman–Crippen LogP) is 3.35. The Hall–Kier alpha value is -0.490. The molecule has 1 aromatic rings. The Kier molecular flexibility index (Phi) is 8.63. The lowest BCUT2D eigenvalue weighted by Gasteiger charge is -2.29. The maximum absolute atomic E-state index is 12.0.